The molecule has 0 saturated heterocycles. The summed E-state index contributed by atoms with van der Waals surface area (Å²) in [6, 6.07) is 9.11. The number of hydrogen-bond donors (Lipinski definition) is 0. The van der Waals surface area contributed by atoms with Crippen molar-refractivity contribution in [2.45, 2.75) is 64.5 Å². The van der Waals surface area contributed by atoms with Gasteiger partial charge in [0.2, 0.25) is 17.6 Å². The van der Waals surface area contributed by atoms with Crippen LogP contribution in [0.1, 0.15) is 51.3 Å². The molecule has 0 unspecified atom stereocenters. The summed E-state index contributed by atoms with van der Waals surface area (Å²) < 4.78 is 7.52. The fourth-order valence-electron chi connectivity index (χ4n) is 4.19. The third-order valence-electron chi connectivity index (χ3n) is 6.13. The first-order valence-corrected chi connectivity index (χ1v) is 11.4. The van der Waals surface area contributed by atoms with Gasteiger partial charge in [-0.3, -0.25) is 14.2 Å². The zero-order valence-electron chi connectivity index (χ0n) is 18.9. The molecule has 2 heterocycles. The van der Waals surface area contributed by atoms with Gasteiger partial charge in [-0.1, -0.05) is 42.6 Å². The van der Waals surface area contributed by atoms with Gasteiger partial charge in [0, 0.05) is 32.5 Å². The van der Waals surface area contributed by atoms with E-state index in [0.717, 1.165) is 34.9 Å². The Morgan fingerprint density at radius 1 is 1.15 bits per heavy atom. The van der Waals surface area contributed by atoms with Crippen LogP contribution in [0.3, 0.4) is 0 Å². The number of benzene rings is 1. The highest BCUT2D eigenvalue weighted by atomic mass is 16.5. The number of hydrogen-bond acceptors (Lipinski definition) is 7. The molecular formula is C23H28N6O4. The van der Waals surface area contributed by atoms with Gasteiger partial charge in [0.1, 0.15) is 0 Å². The first-order valence-electron chi connectivity index (χ1n) is 11.4. The van der Waals surface area contributed by atoms with Crippen molar-refractivity contribution >= 4 is 5.91 Å². The minimum absolute atomic E-state index is 0.00466. The Hall–Kier alpha value is -3.56. The minimum Gasteiger partial charge on any atom is -0.343 e. The van der Waals surface area contributed by atoms with E-state index in [1.54, 1.807) is 31.2 Å². The van der Waals surface area contributed by atoms with Crippen molar-refractivity contribution in [1.29, 1.82) is 0 Å². The van der Waals surface area contributed by atoms with Gasteiger partial charge in [-0.05, 0) is 31.9 Å². The van der Waals surface area contributed by atoms with Crippen molar-refractivity contribution in [3.8, 4) is 17.2 Å². The predicted molar refractivity (Wildman–Crippen MR) is 121 cm³/mol. The molecule has 0 aliphatic heterocycles. The lowest BCUT2D eigenvalue weighted by Gasteiger charge is -2.31. The Labute approximate surface area is 190 Å². The van der Waals surface area contributed by atoms with Crippen molar-refractivity contribution < 1.29 is 9.32 Å². The molecule has 0 bridgehead atoms. The van der Waals surface area contributed by atoms with E-state index < -0.39 is 11.2 Å². The van der Waals surface area contributed by atoms with E-state index in [-0.39, 0.29) is 42.7 Å². The second kappa shape index (κ2) is 9.93. The molecule has 0 atom stereocenters. The number of carbonyl (C=O) groups excluding carboxylic acids is 1. The largest absolute Gasteiger partial charge is 0.352 e. The van der Waals surface area contributed by atoms with Crippen LogP contribution in [0.15, 0.2) is 44.4 Å². The summed E-state index contributed by atoms with van der Waals surface area (Å²) in [7, 11) is 1.85. The van der Waals surface area contributed by atoms with Crippen LogP contribution in [0.2, 0.25) is 0 Å². The number of carbonyl (C=O) groups is 1. The minimum atomic E-state index is -0.588. The second-order valence-corrected chi connectivity index (χ2v) is 8.24. The maximum Gasteiger partial charge on any atom is 0.352 e. The highest BCUT2D eigenvalue weighted by Crippen LogP contribution is 2.22. The van der Waals surface area contributed by atoms with Gasteiger partial charge >= 0.3 is 5.69 Å². The Kier molecular flexibility index (Phi) is 6.81. The molecule has 10 heteroatoms. The Morgan fingerprint density at radius 3 is 2.58 bits per heavy atom. The number of para-hydroxylation sites is 1. The number of amides is 1. The molecule has 3 aromatic rings. The lowest BCUT2D eigenvalue weighted by Crippen LogP contribution is -2.41. The van der Waals surface area contributed by atoms with Gasteiger partial charge in [-0.2, -0.15) is 14.8 Å². The third-order valence-corrected chi connectivity index (χ3v) is 6.13. The summed E-state index contributed by atoms with van der Waals surface area (Å²) in [5.41, 5.74) is -0.695. The maximum absolute atomic E-state index is 12.8. The smallest absolute Gasteiger partial charge is 0.343 e. The average molecular weight is 453 g/mol. The van der Waals surface area contributed by atoms with Crippen molar-refractivity contribution in [3.05, 3.63) is 57.1 Å². The molecule has 1 aliphatic carbocycles. The van der Waals surface area contributed by atoms with Crippen molar-refractivity contribution in [2.75, 3.05) is 7.05 Å². The number of aromatic nitrogens is 5. The van der Waals surface area contributed by atoms with Crippen LogP contribution in [0.25, 0.3) is 17.2 Å². The highest BCUT2D eigenvalue weighted by Gasteiger charge is 2.23. The van der Waals surface area contributed by atoms with Crippen LogP contribution < -0.4 is 11.2 Å². The topological polar surface area (TPSA) is 116 Å². The molecule has 0 N–H and O–H groups in total. The normalized spacial score (nSPS) is 14.4. The van der Waals surface area contributed by atoms with Gasteiger partial charge < -0.3 is 9.42 Å². The molecule has 10 nitrogen and oxygen atoms in total. The monoisotopic (exact) mass is 452 g/mol. The Balaban J connectivity index is 1.55. The zero-order chi connectivity index (χ0) is 23.4. The van der Waals surface area contributed by atoms with Crippen molar-refractivity contribution in [3.63, 3.8) is 0 Å². The van der Waals surface area contributed by atoms with Gasteiger partial charge in [0.05, 0.1) is 5.69 Å². The van der Waals surface area contributed by atoms with Crippen LogP contribution in [0.5, 0.6) is 0 Å². The van der Waals surface area contributed by atoms with Crippen LogP contribution in [0.4, 0.5) is 0 Å². The van der Waals surface area contributed by atoms with E-state index in [1.807, 2.05) is 18.0 Å². The van der Waals surface area contributed by atoms with Crippen LogP contribution in [-0.4, -0.2) is 48.4 Å². The van der Waals surface area contributed by atoms with E-state index in [1.165, 1.54) is 6.42 Å². The van der Waals surface area contributed by atoms with Gasteiger partial charge in [0.15, 0.2) is 5.69 Å². The summed E-state index contributed by atoms with van der Waals surface area (Å²) >= 11 is 0. The summed E-state index contributed by atoms with van der Waals surface area (Å²) in [5.74, 6) is 0.276. The quantitative estimate of drug-likeness (QED) is 0.539. The van der Waals surface area contributed by atoms with Crippen LogP contribution in [0, 0.1) is 0 Å². The second-order valence-electron chi connectivity index (χ2n) is 8.24. The fraction of sp³-hybridized carbons (Fsp3) is 0.478. The molecule has 1 aliphatic rings. The maximum atomic E-state index is 12.8. The third kappa shape index (κ3) is 4.79. The summed E-state index contributed by atoms with van der Waals surface area (Å²) in [6.07, 6.45) is 6.13. The molecule has 1 aromatic carbocycles. The molecule has 2 aromatic heterocycles. The standard InChI is InChI=1S/C23H28N6O4/c1-3-28-22(31)20(25-29(23(28)32)17-12-8-5-9-13-17)21-24-18(33-26-21)14-15-19(30)27(2)16-10-6-4-7-11-16/h5,8-9,12-13,16H,3-4,6-7,10-11,14-15H2,1-2H3. The molecular weight excluding hydrogens is 424 g/mol. The number of nitrogens with zero attached hydrogens (tertiary/aromatic N) is 6. The number of rotatable bonds is 7. The first kappa shape index (κ1) is 22.6. The number of aryl methyl sites for hydroxylation is 1. The molecule has 1 saturated carbocycles. The predicted octanol–water partition coefficient (Wildman–Crippen LogP) is 2.19. The lowest BCUT2D eigenvalue weighted by atomic mass is 9.94. The van der Waals surface area contributed by atoms with Gasteiger partial charge in [-0.25, -0.2) is 4.79 Å². The lowest BCUT2D eigenvalue weighted by molar-refractivity contribution is -0.132. The molecule has 0 radical (unpaired) electrons. The van der Waals surface area contributed by atoms with Gasteiger partial charge in [0.25, 0.3) is 5.56 Å². The van der Waals surface area contributed by atoms with Crippen molar-refractivity contribution in [1.82, 2.24) is 29.4 Å². The zero-order valence-corrected chi connectivity index (χ0v) is 18.9. The highest BCUT2D eigenvalue weighted by molar-refractivity contribution is 5.76. The van der Waals surface area contributed by atoms with Crippen LogP contribution >= 0.6 is 0 Å². The summed E-state index contributed by atoms with van der Waals surface area (Å²) in [5, 5.41) is 8.13. The van der Waals surface area contributed by atoms with E-state index >= 15 is 0 Å². The average Bonchev–Trinajstić information content (AvgIpc) is 3.32. The molecule has 1 fully saturated rings. The van der Waals surface area contributed by atoms with Crippen molar-refractivity contribution in [2.24, 2.45) is 0 Å². The van der Waals surface area contributed by atoms with E-state index in [2.05, 4.69) is 15.2 Å². The summed E-state index contributed by atoms with van der Waals surface area (Å²) in [4.78, 5) is 44.3. The molecule has 174 valence electrons. The first-order chi connectivity index (χ1) is 16.0. The summed E-state index contributed by atoms with van der Waals surface area (Å²) in [6.45, 7) is 1.88. The van der Waals surface area contributed by atoms with E-state index in [9.17, 15) is 14.4 Å². The van der Waals surface area contributed by atoms with Gasteiger partial charge in [-0.15, -0.1) is 0 Å². The fourth-order valence-corrected chi connectivity index (χ4v) is 4.19. The Bertz CT molecular complexity index is 1220. The molecule has 0 spiro atoms. The SMILES string of the molecule is CCn1c(=O)c(-c2noc(CCC(=O)N(C)C3CCCCC3)n2)nn(-c2ccccc2)c1=O. The van der Waals surface area contributed by atoms with Crippen LogP contribution in [-0.2, 0) is 17.8 Å². The molecule has 33 heavy (non-hydrogen) atoms. The van der Waals surface area contributed by atoms with E-state index in [0.29, 0.717) is 11.7 Å². The van der Waals surface area contributed by atoms with E-state index in [4.69, 9.17) is 4.52 Å². The molecule has 1 amide bonds. The Morgan fingerprint density at radius 2 is 1.88 bits per heavy atom. The molecule has 4 rings (SSSR count).